The molecule has 0 saturated heterocycles. The van der Waals surface area contributed by atoms with Crippen LogP contribution in [0.5, 0.6) is 0 Å². The first-order valence-electron chi connectivity index (χ1n) is 9.81. The first-order chi connectivity index (χ1) is 13.1. The Labute approximate surface area is 174 Å². The van der Waals surface area contributed by atoms with Crippen molar-refractivity contribution >= 4 is 23.9 Å². The molecule has 1 unspecified atom stereocenters. The molecule has 0 bridgehead atoms. The molecule has 1 aliphatic carbocycles. The van der Waals surface area contributed by atoms with E-state index in [1.165, 1.54) is 27.8 Å². The highest BCUT2D eigenvalue weighted by Gasteiger charge is 2.18. The number of carboxylic acid groups (broad SMARTS) is 1. The Hall–Kier alpha value is -2.10. The molecule has 0 amide bonds. The molecule has 1 N–H and O–H groups in total. The molecular weight excluding hydrogens is 370 g/mol. The molecule has 0 aromatic heterocycles. The summed E-state index contributed by atoms with van der Waals surface area (Å²) in [6, 6.07) is 17.8. The summed E-state index contributed by atoms with van der Waals surface area (Å²) in [5.41, 5.74) is 6.82. The zero-order valence-electron chi connectivity index (χ0n) is 16.7. The van der Waals surface area contributed by atoms with Gasteiger partial charge in [0.1, 0.15) is 0 Å². The first-order valence-corrected chi connectivity index (χ1v) is 9.81. The van der Waals surface area contributed by atoms with Crippen LogP contribution in [0.1, 0.15) is 47.9 Å². The predicted molar refractivity (Wildman–Crippen MR) is 118 cm³/mol. The van der Waals surface area contributed by atoms with E-state index in [4.69, 9.17) is 5.11 Å². The van der Waals surface area contributed by atoms with E-state index >= 15 is 0 Å². The highest BCUT2D eigenvalue weighted by atomic mass is 35.5. The standard InChI is InChI=1S/C24H29NO2.ClH/c1-25(2)20(10-7-13-24(26)27)16-17-23-21-11-5-3-8-18(21)14-15-19-9-4-6-12-22(19)23;/h3-6,8-9,11-12,17,20H,7,10,13-16H2,1-2H3,(H,26,27);1H. The van der Waals surface area contributed by atoms with Crippen molar-refractivity contribution in [1.82, 2.24) is 4.90 Å². The number of fused-ring (bicyclic) bond motifs is 2. The number of rotatable bonds is 7. The quantitative estimate of drug-likeness (QED) is 0.694. The van der Waals surface area contributed by atoms with Gasteiger partial charge in [-0.1, -0.05) is 54.6 Å². The van der Waals surface area contributed by atoms with Gasteiger partial charge in [0.15, 0.2) is 0 Å². The summed E-state index contributed by atoms with van der Waals surface area (Å²) in [5.74, 6) is -0.711. The summed E-state index contributed by atoms with van der Waals surface area (Å²) >= 11 is 0. The highest BCUT2D eigenvalue weighted by Crippen LogP contribution is 2.34. The van der Waals surface area contributed by atoms with Crippen molar-refractivity contribution in [2.24, 2.45) is 0 Å². The van der Waals surface area contributed by atoms with Crippen LogP contribution >= 0.6 is 12.4 Å². The van der Waals surface area contributed by atoms with E-state index in [1.807, 2.05) is 0 Å². The number of benzene rings is 2. The minimum absolute atomic E-state index is 0. The smallest absolute Gasteiger partial charge is 0.303 e. The topological polar surface area (TPSA) is 40.5 Å². The monoisotopic (exact) mass is 399 g/mol. The largest absolute Gasteiger partial charge is 0.481 e. The maximum Gasteiger partial charge on any atom is 0.303 e. The van der Waals surface area contributed by atoms with Crippen molar-refractivity contribution in [2.75, 3.05) is 14.1 Å². The van der Waals surface area contributed by atoms with Crippen LogP contribution < -0.4 is 0 Å². The average Bonchev–Trinajstić information content (AvgIpc) is 2.81. The molecule has 0 heterocycles. The Morgan fingerprint density at radius 1 is 1.04 bits per heavy atom. The lowest BCUT2D eigenvalue weighted by atomic mass is 9.92. The van der Waals surface area contributed by atoms with Gasteiger partial charge in [0.05, 0.1) is 0 Å². The minimum Gasteiger partial charge on any atom is -0.481 e. The molecule has 3 nitrogen and oxygen atoms in total. The van der Waals surface area contributed by atoms with Crippen molar-refractivity contribution < 1.29 is 9.90 Å². The third kappa shape index (κ3) is 5.46. The second-order valence-electron chi connectivity index (χ2n) is 7.57. The van der Waals surface area contributed by atoms with E-state index in [2.05, 4.69) is 73.6 Å². The van der Waals surface area contributed by atoms with Crippen LogP contribution in [0.25, 0.3) is 5.57 Å². The van der Waals surface area contributed by atoms with E-state index in [1.54, 1.807) is 0 Å². The van der Waals surface area contributed by atoms with Gasteiger partial charge in [0.2, 0.25) is 0 Å². The van der Waals surface area contributed by atoms with Crippen molar-refractivity contribution in [3.05, 3.63) is 76.9 Å². The lowest BCUT2D eigenvalue weighted by Crippen LogP contribution is -2.27. The molecule has 2 aromatic rings. The summed E-state index contributed by atoms with van der Waals surface area (Å²) in [6.07, 6.45) is 7.28. The number of carboxylic acids is 1. The molecule has 3 rings (SSSR count). The molecule has 1 aliphatic rings. The number of hydrogen-bond donors (Lipinski definition) is 1. The number of aryl methyl sites for hydroxylation is 2. The maximum absolute atomic E-state index is 10.8. The number of halogens is 1. The van der Waals surface area contributed by atoms with Crippen molar-refractivity contribution in [3.63, 3.8) is 0 Å². The fourth-order valence-electron chi connectivity index (χ4n) is 3.97. The Balaban J connectivity index is 0.00000280. The number of carbonyl (C=O) groups is 1. The van der Waals surface area contributed by atoms with Crippen LogP contribution in [0.3, 0.4) is 0 Å². The van der Waals surface area contributed by atoms with E-state index < -0.39 is 5.97 Å². The predicted octanol–water partition coefficient (Wildman–Crippen LogP) is 5.21. The highest BCUT2D eigenvalue weighted by molar-refractivity contribution is 5.85. The van der Waals surface area contributed by atoms with Crippen molar-refractivity contribution in [2.45, 2.75) is 44.6 Å². The minimum atomic E-state index is -0.711. The van der Waals surface area contributed by atoms with Gasteiger partial charge in [-0.3, -0.25) is 4.79 Å². The summed E-state index contributed by atoms with van der Waals surface area (Å²) < 4.78 is 0. The lowest BCUT2D eigenvalue weighted by Gasteiger charge is -2.23. The van der Waals surface area contributed by atoms with Gasteiger partial charge >= 0.3 is 5.97 Å². The molecule has 0 spiro atoms. The molecule has 0 aliphatic heterocycles. The molecule has 150 valence electrons. The second-order valence-corrected chi connectivity index (χ2v) is 7.57. The van der Waals surface area contributed by atoms with Gasteiger partial charge in [-0.05, 0) is 74.0 Å². The fourth-order valence-corrected chi connectivity index (χ4v) is 3.97. The van der Waals surface area contributed by atoms with Crippen LogP contribution in [-0.2, 0) is 17.6 Å². The molecule has 0 fully saturated rings. The van der Waals surface area contributed by atoms with Crippen LogP contribution in [-0.4, -0.2) is 36.1 Å². The van der Waals surface area contributed by atoms with E-state index in [9.17, 15) is 4.79 Å². The molecule has 0 radical (unpaired) electrons. The van der Waals surface area contributed by atoms with Crippen molar-refractivity contribution in [3.8, 4) is 0 Å². The number of aliphatic carboxylic acids is 1. The Kier molecular flexibility index (Phi) is 8.28. The Morgan fingerprint density at radius 2 is 1.57 bits per heavy atom. The first kappa shape index (κ1) is 22.2. The fraction of sp³-hybridized carbons (Fsp3) is 0.375. The summed E-state index contributed by atoms with van der Waals surface area (Å²) in [5, 5.41) is 8.92. The third-order valence-electron chi connectivity index (χ3n) is 5.53. The third-order valence-corrected chi connectivity index (χ3v) is 5.53. The van der Waals surface area contributed by atoms with Gasteiger partial charge in [-0.25, -0.2) is 0 Å². The Bertz CT molecular complexity index is 779. The average molecular weight is 400 g/mol. The van der Waals surface area contributed by atoms with Gasteiger partial charge in [-0.15, -0.1) is 12.4 Å². The van der Waals surface area contributed by atoms with Crippen LogP contribution in [0, 0.1) is 0 Å². The van der Waals surface area contributed by atoms with Gasteiger partial charge < -0.3 is 10.0 Å². The SMILES string of the molecule is CN(C)C(CC=C1c2ccccc2CCc2ccccc21)CCCC(=O)O.Cl. The van der Waals surface area contributed by atoms with Crippen LogP contribution in [0.4, 0.5) is 0 Å². The lowest BCUT2D eigenvalue weighted by molar-refractivity contribution is -0.137. The van der Waals surface area contributed by atoms with E-state index in [0.29, 0.717) is 12.5 Å². The second kappa shape index (κ2) is 10.4. The van der Waals surface area contributed by atoms with Crippen molar-refractivity contribution in [1.29, 1.82) is 0 Å². The summed E-state index contributed by atoms with van der Waals surface area (Å²) in [6.45, 7) is 0. The van der Waals surface area contributed by atoms with Gasteiger partial charge in [0.25, 0.3) is 0 Å². The zero-order valence-corrected chi connectivity index (χ0v) is 17.5. The number of nitrogens with zero attached hydrogens (tertiary/aromatic N) is 1. The molecule has 28 heavy (non-hydrogen) atoms. The van der Waals surface area contributed by atoms with E-state index in [0.717, 1.165) is 25.7 Å². The molecule has 0 saturated carbocycles. The molecule has 1 atom stereocenters. The molecule has 2 aromatic carbocycles. The Morgan fingerprint density at radius 3 is 2.07 bits per heavy atom. The summed E-state index contributed by atoms with van der Waals surface area (Å²) in [4.78, 5) is 13.1. The van der Waals surface area contributed by atoms with Crippen LogP contribution in [0.15, 0.2) is 54.6 Å². The molecular formula is C24H30ClNO2. The van der Waals surface area contributed by atoms with Crippen LogP contribution in [0.2, 0.25) is 0 Å². The van der Waals surface area contributed by atoms with Gasteiger partial charge in [-0.2, -0.15) is 0 Å². The maximum atomic E-state index is 10.8. The van der Waals surface area contributed by atoms with E-state index in [-0.39, 0.29) is 18.8 Å². The number of hydrogen-bond acceptors (Lipinski definition) is 2. The molecule has 4 heteroatoms. The summed E-state index contributed by atoms with van der Waals surface area (Å²) in [7, 11) is 4.16. The van der Waals surface area contributed by atoms with Gasteiger partial charge in [0, 0.05) is 12.5 Å². The zero-order chi connectivity index (χ0) is 19.2. The normalized spacial score (nSPS) is 13.8.